The molecular weight excluding hydrogens is 110 g/mol. The summed E-state index contributed by atoms with van der Waals surface area (Å²) in [4.78, 5) is 0. The average molecular weight is 125 g/mol. The molecule has 1 atom stereocenters. The van der Waals surface area contributed by atoms with E-state index in [1.165, 1.54) is 5.57 Å². The van der Waals surface area contributed by atoms with Crippen molar-refractivity contribution < 1.29 is 0 Å². The molecule has 0 fully saturated rings. The predicted octanol–water partition coefficient (Wildman–Crippen LogP) is 1.86. The number of hydrogen-bond donors (Lipinski definition) is 1. The molecule has 0 rings (SSSR count). The first-order valence-corrected chi connectivity index (χ1v) is 3.23. The van der Waals surface area contributed by atoms with Crippen molar-refractivity contribution >= 4 is 0 Å². The van der Waals surface area contributed by atoms with Gasteiger partial charge in [0, 0.05) is 6.04 Å². The van der Waals surface area contributed by atoms with Crippen LogP contribution in [0.3, 0.4) is 0 Å². The van der Waals surface area contributed by atoms with Crippen LogP contribution in [0.25, 0.3) is 0 Å². The summed E-state index contributed by atoms with van der Waals surface area (Å²) < 4.78 is 0. The van der Waals surface area contributed by atoms with Crippen LogP contribution < -0.4 is 5.73 Å². The third-order valence-electron chi connectivity index (χ3n) is 0.955. The first kappa shape index (κ1) is 8.44. The van der Waals surface area contributed by atoms with E-state index in [0.717, 1.165) is 0 Å². The molecule has 1 heteroatoms. The standard InChI is InChI=1S/C8H15N/c1-4-5-7(2)6-8(3)9/h4-6,8H,9H2,1-3H3. The fraction of sp³-hybridized carbons (Fsp3) is 0.500. The maximum atomic E-state index is 5.51. The molecule has 0 spiro atoms. The molecule has 0 aliphatic carbocycles. The SMILES string of the molecule is CC=CC(C)=CC(C)N. The van der Waals surface area contributed by atoms with Gasteiger partial charge in [-0.2, -0.15) is 0 Å². The van der Waals surface area contributed by atoms with E-state index in [4.69, 9.17) is 5.73 Å². The normalized spacial score (nSPS) is 16.7. The summed E-state index contributed by atoms with van der Waals surface area (Å²) in [6, 6.07) is 0.168. The Morgan fingerprint density at radius 2 is 2.11 bits per heavy atom. The molecule has 1 unspecified atom stereocenters. The smallest absolute Gasteiger partial charge is 0.0200 e. The van der Waals surface area contributed by atoms with Gasteiger partial charge in [0.15, 0.2) is 0 Å². The van der Waals surface area contributed by atoms with Crippen molar-refractivity contribution in [2.75, 3.05) is 0 Å². The van der Waals surface area contributed by atoms with Gasteiger partial charge in [-0.25, -0.2) is 0 Å². The summed E-state index contributed by atoms with van der Waals surface area (Å²) in [5.74, 6) is 0. The fourth-order valence-corrected chi connectivity index (χ4v) is 0.733. The molecule has 0 aromatic carbocycles. The third-order valence-corrected chi connectivity index (χ3v) is 0.955. The van der Waals surface area contributed by atoms with Crippen LogP contribution in [0.2, 0.25) is 0 Å². The van der Waals surface area contributed by atoms with Crippen molar-refractivity contribution in [1.29, 1.82) is 0 Å². The number of allylic oxidation sites excluding steroid dienone is 3. The minimum atomic E-state index is 0.168. The summed E-state index contributed by atoms with van der Waals surface area (Å²) >= 11 is 0. The zero-order valence-electron chi connectivity index (χ0n) is 6.39. The Hall–Kier alpha value is -0.560. The van der Waals surface area contributed by atoms with Crippen molar-refractivity contribution in [1.82, 2.24) is 0 Å². The Morgan fingerprint density at radius 1 is 1.56 bits per heavy atom. The lowest BCUT2D eigenvalue weighted by molar-refractivity contribution is 0.918. The Balaban J connectivity index is 3.84. The summed E-state index contributed by atoms with van der Waals surface area (Å²) in [7, 11) is 0. The molecular formula is C8H15N. The molecule has 2 N–H and O–H groups in total. The minimum Gasteiger partial charge on any atom is -0.325 e. The highest BCUT2D eigenvalue weighted by Gasteiger charge is 1.84. The van der Waals surface area contributed by atoms with Gasteiger partial charge in [-0.1, -0.05) is 23.8 Å². The Morgan fingerprint density at radius 3 is 2.44 bits per heavy atom. The molecule has 0 aromatic heterocycles. The zero-order valence-corrected chi connectivity index (χ0v) is 6.39. The Bertz CT molecular complexity index is 121. The van der Waals surface area contributed by atoms with Crippen LogP contribution >= 0.6 is 0 Å². The molecule has 0 radical (unpaired) electrons. The van der Waals surface area contributed by atoms with Crippen molar-refractivity contribution in [3.63, 3.8) is 0 Å². The Labute approximate surface area is 57.3 Å². The topological polar surface area (TPSA) is 26.0 Å². The Kier molecular flexibility index (Phi) is 4.06. The van der Waals surface area contributed by atoms with E-state index in [2.05, 4.69) is 0 Å². The van der Waals surface area contributed by atoms with Crippen molar-refractivity contribution in [2.24, 2.45) is 5.73 Å². The van der Waals surface area contributed by atoms with E-state index in [1.807, 2.05) is 39.0 Å². The second kappa shape index (κ2) is 4.33. The van der Waals surface area contributed by atoms with E-state index in [0.29, 0.717) is 0 Å². The van der Waals surface area contributed by atoms with Gasteiger partial charge >= 0.3 is 0 Å². The molecule has 1 nitrogen and oxygen atoms in total. The lowest BCUT2D eigenvalue weighted by Gasteiger charge is -1.95. The number of rotatable bonds is 2. The van der Waals surface area contributed by atoms with Gasteiger partial charge in [0.05, 0.1) is 0 Å². The number of nitrogens with two attached hydrogens (primary N) is 1. The van der Waals surface area contributed by atoms with Crippen molar-refractivity contribution in [2.45, 2.75) is 26.8 Å². The summed E-state index contributed by atoms with van der Waals surface area (Å²) in [6.45, 7) is 6.01. The second-order valence-corrected chi connectivity index (χ2v) is 2.27. The first-order chi connectivity index (χ1) is 4.16. The van der Waals surface area contributed by atoms with Crippen molar-refractivity contribution in [3.05, 3.63) is 23.8 Å². The lowest BCUT2D eigenvalue weighted by Crippen LogP contribution is -2.10. The van der Waals surface area contributed by atoms with Gasteiger partial charge < -0.3 is 5.73 Å². The van der Waals surface area contributed by atoms with E-state index in [1.54, 1.807) is 0 Å². The third kappa shape index (κ3) is 5.31. The molecule has 0 aromatic rings. The number of hydrogen-bond acceptors (Lipinski definition) is 1. The summed E-state index contributed by atoms with van der Waals surface area (Å²) in [5.41, 5.74) is 6.74. The molecule has 0 bridgehead atoms. The largest absolute Gasteiger partial charge is 0.325 e. The van der Waals surface area contributed by atoms with Gasteiger partial charge in [0.2, 0.25) is 0 Å². The zero-order chi connectivity index (χ0) is 7.28. The quantitative estimate of drug-likeness (QED) is 0.560. The van der Waals surface area contributed by atoms with E-state index >= 15 is 0 Å². The molecule has 9 heavy (non-hydrogen) atoms. The highest BCUT2D eigenvalue weighted by atomic mass is 14.6. The summed E-state index contributed by atoms with van der Waals surface area (Å²) in [6.07, 6.45) is 6.08. The maximum absolute atomic E-state index is 5.51. The van der Waals surface area contributed by atoms with Crippen LogP contribution in [-0.4, -0.2) is 6.04 Å². The summed E-state index contributed by atoms with van der Waals surface area (Å²) in [5, 5.41) is 0. The van der Waals surface area contributed by atoms with Crippen LogP contribution in [0, 0.1) is 0 Å². The van der Waals surface area contributed by atoms with Crippen LogP contribution in [0.4, 0.5) is 0 Å². The molecule has 0 saturated carbocycles. The highest BCUT2D eigenvalue weighted by Crippen LogP contribution is 1.95. The second-order valence-electron chi connectivity index (χ2n) is 2.27. The fourth-order valence-electron chi connectivity index (χ4n) is 0.733. The van der Waals surface area contributed by atoms with Gasteiger partial charge in [0.25, 0.3) is 0 Å². The maximum Gasteiger partial charge on any atom is 0.0200 e. The van der Waals surface area contributed by atoms with E-state index < -0.39 is 0 Å². The molecule has 0 aliphatic heterocycles. The van der Waals surface area contributed by atoms with Gasteiger partial charge in [0.1, 0.15) is 0 Å². The van der Waals surface area contributed by atoms with E-state index in [-0.39, 0.29) is 6.04 Å². The first-order valence-electron chi connectivity index (χ1n) is 3.23. The molecule has 0 amide bonds. The lowest BCUT2D eigenvalue weighted by atomic mass is 10.2. The highest BCUT2D eigenvalue weighted by molar-refractivity contribution is 5.16. The van der Waals surface area contributed by atoms with Crippen LogP contribution in [0.1, 0.15) is 20.8 Å². The van der Waals surface area contributed by atoms with Gasteiger partial charge in [-0.3, -0.25) is 0 Å². The molecule has 52 valence electrons. The molecule has 0 heterocycles. The minimum absolute atomic E-state index is 0.168. The molecule has 0 saturated heterocycles. The van der Waals surface area contributed by atoms with Crippen LogP contribution in [0.15, 0.2) is 23.8 Å². The van der Waals surface area contributed by atoms with Crippen molar-refractivity contribution in [3.8, 4) is 0 Å². The van der Waals surface area contributed by atoms with Crippen LogP contribution in [0.5, 0.6) is 0 Å². The van der Waals surface area contributed by atoms with Gasteiger partial charge in [-0.05, 0) is 20.8 Å². The van der Waals surface area contributed by atoms with Crippen LogP contribution in [-0.2, 0) is 0 Å². The van der Waals surface area contributed by atoms with Gasteiger partial charge in [-0.15, -0.1) is 0 Å². The predicted molar refractivity (Wildman–Crippen MR) is 42.2 cm³/mol. The molecule has 0 aliphatic rings. The van der Waals surface area contributed by atoms with E-state index in [9.17, 15) is 0 Å². The average Bonchev–Trinajstić information content (AvgIpc) is 1.63. The monoisotopic (exact) mass is 125 g/mol.